The van der Waals surface area contributed by atoms with E-state index in [4.69, 9.17) is 4.74 Å². The normalized spacial score (nSPS) is 11.3. The third-order valence-corrected chi connectivity index (χ3v) is 4.41. The Bertz CT molecular complexity index is 1020. The third kappa shape index (κ3) is 5.48. The number of fused-ring (bicyclic) bond motifs is 1. The minimum Gasteiger partial charge on any atom is -0.494 e. The lowest BCUT2D eigenvalue weighted by Gasteiger charge is -2.10. The van der Waals surface area contributed by atoms with Gasteiger partial charge in [0.05, 0.1) is 6.61 Å². The first-order valence-corrected chi connectivity index (χ1v) is 9.62. The van der Waals surface area contributed by atoms with Crippen LogP contribution in [0.5, 0.6) is 5.75 Å². The second-order valence-corrected chi connectivity index (χ2v) is 6.61. The summed E-state index contributed by atoms with van der Waals surface area (Å²) < 4.78 is 5.42. The molecule has 3 aromatic rings. The topological polar surface area (TPSA) is 83.2 Å². The Labute approximate surface area is 170 Å². The molecule has 2 aromatic carbocycles. The first-order valence-electron chi connectivity index (χ1n) is 9.62. The van der Waals surface area contributed by atoms with Gasteiger partial charge in [0.15, 0.2) is 0 Å². The van der Waals surface area contributed by atoms with Crippen molar-refractivity contribution in [1.82, 2.24) is 15.6 Å². The predicted octanol–water partition coefficient (Wildman–Crippen LogP) is 3.40. The monoisotopic (exact) mass is 391 g/mol. The molecular weight excluding hydrogens is 366 g/mol. The van der Waals surface area contributed by atoms with Crippen molar-refractivity contribution in [3.8, 4) is 5.75 Å². The maximum atomic E-state index is 12.6. The first kappa shape index (κ1) is 20.2. The molecule has 3 rings (SSSR count). The summed E-state index contributed by atoms with van der Waals surface area (Å²) in [6, 6.07) is 15.4. The van der Waals surface area contributed by atoms with Crippen molar-refractivity contribution >= 4 is 28.8 Å². The lowest BCUT2D eigenvalue weighted by molar-refractivity contribution is -0.122. The van der Waals surface area contributed by atoms with Gasteiger partial charge in [-0.1, -0.05) is 30.3 Å². The molecule has 0 saturated heterocycles. The highest BCUT2D eigenvalue weighted by Gasteiger charge is 2.11. The van der Waals surface area contributed by atoms with Crippen LogP contribution in [0.1, 0.15) is 25.0 Å². The summed E-state index contributed by atoms with van der Waals surface area (Å²) in [7, 11) is 0. The molecule has 150 valence electrons. The van der Waals surface area contributed by atoms with Crippen molar-refractivity contribution in [1.29, 1.82) is 0 Å². The van der Waals surface area contributed by atoms with E-state index in [2.05, 4.69) is 21.7 Å². The maximum Gasteiger partial charge on any atom is 0.267 e. The van der Waals surface area contributed by atoms with E-state index in [1.807, 2.05) is 55.6 Å². The highest BCUT2D eigenvalue weighted by atomic mass is 16.5. The van der Waals surface area contributed by atoms with Crippen LogP contribution in [0.3, 0.4) is 0 Å². The van der Waals surface area contributed by atoms with E-state index in [9.17, 15) is 9.59 Å². The lowest BCUT2D eigenvalue weighted by atomic mass is 10.1. The lowest BCUT2D eigenvalue weighted by Crippen LogP contribution is -2.34. The van der Waals surface area contributed by atoms with Gasteiger partial charge in [-0.25, -0.2) is 0 Å². The van der Waals surface area contributed by atoms with Gasteiger partial charge >= 0.3 is 0 Å². The Kier molecular flexibility index (Phi) is 6.68. The fourth-order valence-corrected chi connectivity index (χ4v) is 3.09. The molecule has 1 heterocycles. The molecule has 0 aliphatic rings. The van der Waals surface area contributed by atoms with Gasteiger partial charge in [-0.3, -0.25) is 9.59 Å². The summed E-state index contributed by atoms with van der Waals surface area (Å²) >= 11 is 0. The van der Waals surface area contributed by atoms with Crippen molar-refractivity contribution in [2.24, 2.45) is 0 Å². The summed E-state index contributed by atoms with van der Waals surface area (Å²) in [5.41, 5.74) is 3.21. The summed E-state index contributed by atoms with van der Waals surface area (Å²) in [5.74, 6) is 0.136. The number of aromatic amines is 1. The fourth-order valence-electron chi connectivity index (χ4n) is 3.09. The number of para-hydroxylation sites is 1. The minimum absolute atomic E-state index is 0.209. The van der Waals surface area contributed by atoms with Gasteiger partial charge in [-0.05, 0) is 48.7 Å². The Morgan fingerprint density at radius 2 is 1.86 bits per heavy atom. The van der Waals surface area contributed by atoms with E-state index in [-0.39, 0.29) is 17.5 Å². The molecule has 1 aromatic heterocycles. The number of H-pyrrole nitrogens is 1. The number of ether oxygens (including phenoxy) is 1. The number of amides is 2. The van der Waals surface area contributed by atoms with Gasteiger partial charge < -0.3 is 20.4 Å². The Morgan fingerprint density at radius 3 is 2.59 bits per heavy atom. The molecule has 0 aliphatic carbocycles. The van der Waals surface area contributed by atoms with Crippen LogP contribution in [0.2, 0.25) is 0 Å². The molecular formula is C23H25N3O3. The van der Waals surface area contributed by atoms with Gasteiger partial charge in [0, 0.05) is 30.6 Å². The van der Waals surface area contributed by atoms with E-state index in [1.54, 1.807) is 6.08 Å². The molecule has 0 bridgehead atoms. The van der Waals surface area contributed by atoms with Gasteiger partial charge in [0.1, 0.15) is 11.4 Å². The molecule has 6 heteroatoms. The molecule has 29 heavy (non-hydrogen) atoms. The van der Waals surface area contributed by atoms with Crippen LogP contribution >= 0.6 is 0 Å². The smallest absolute Gasteiger partial charge is 0.267 e. The molecule has 0 fully saturated rings. The zero-order valence-electron chi connectivity index (χ0n) is 16.6. The number of rotatable bonds is 8. The molecule has 3 N–H and O–H groups in total. The second kappa shape index (κ2) is 9.59. The highest BCUT2D eigenvalue weighted by Crippen LogP contribution is 2.18. The van der Waals surface area contributed by atoms with E-state index < -0.39 is 0 Å². The highest BCUT2D eigenvalue weighted by molar-refractivity contribution is 6.00. The second-order valence-electron chi connectivity index (χ2n) is 6.61. The molecule has 0 aliphatic heterocycles. The van der Waals surface area contributed by atoms with E-state index in [1.165, 1.54) is 6.92 Å². The number of benzene rings is 2. The number of hydrogen-bond acceptors (Lipinski definition) is 3. The van der Waals surface area contributed by atoms with Gasteiger partial charge in [0.2, 0.25) is 5.91 Å². The van der Waals surface area contributed by atoms with Gasteiger partial charge in [-0.2, -0.15) is 0 Å². The zero-order chi connectivity index (χ0) is 20.6. The average molecular weight is 391 g/mol. The quantitative estimate of drug-likeness (QED) is 0.515. The van der Waals surface area contributed by atoms with Crippen LogP contribution < -0.4 is 15.4 Å². The predicted molar refractivity (Wildman–Crippen MR) is 114 cm³/mol. The molecule has 0 spiro atoms. The molecule has 0 radical (unpaired) electrons. The number of aromatic nitrogens is 1. The van der Waals surface area contributed by atoms with Crippen LogP contribution in [0.25, 0.3) is 17.0 Å². The molecule has 0 atom stereocenters. The molecule has 0 saturated carbocycles. The average Bonchev–Trinajstić information content (AvgIpc) is 3.12. The largest absolute Gasteiger partial charge is 0.494 e. The number of hydrogen-bond donors (Lipinski definition) is 3. The third-order valence-electron chi connectivity index (χ3n) is 4.41. The van der Waals surface area contributed by atoms with Crippen LogP contribution in [0, 0.1) is 0 Å². The number of nitrogens with one attached hydrogen (secondary N) is 3. The van der Waals surface area contributed by atoms with Crippen LogP contribution in [0.4, 0.5) is 0 Å². The van der Waals surface area contributed by atoms with E-state index in [0.29, 0.717) is 19.6 Å². The van der Waals surface area contributed by atoms with Crippen LogP contribution in [-0.2, 0) is 16.0 Å². The Balaban J connectivity index is 1.66. The summed E-state index contributed by atoms with van der Waals surface area (Å²) in [6.07, 6.45) is 4.30. The van der Waals surface area contributed by atoms with E-state index >= 15 is 0 Å². The Hall–Kier alpha value is -3.54. The van der Waals surface area contributed by atoms with Crippen molar-refractivity contribution in [3.63, 3.8) is 0 Å². The zero-order valence-corrected chi connectivity index (χ0v) is 16.6. The number of carbonyl (C=O) groups is 2. The summed E-state index contributed by atoms with van der Waals surface area (Å²) in [6.45, 7) is 4.35. The van der Waals surface area contributed by atoms with Crippen LogP contribution in [0.15, 0.2) is 60.4 Å². The van der Waals surface area contributed by atoms with Crippen molar-refractivity contribution in [2.75, 3.05) is 13.2 Å². The molecule has 6 nitrogen and oxygen atoms in total. The summed E-state index contributed by atoms with van der Waals surface area (Å²) in [5, 5.41) is 6.64. The minimum atomic E-state index is -0.325. The van der Waals surface area contributed by atoms with Crippen molar-refractivity contribution in [3.05, 3.63) is 71.6 Å². The molecule has 2 amide bonds. The van der Waals surface area contributed by atoms with Crippen LogP contribution in [-0.4, -0.2) is 29.9 Å². The Morgan fingerprint density at radius 1 is 1.10 bits per heavy atom. The standard InChI is InChI=1S/C23H25N3O3/c1-3-29-19-10-8-17(9-11-19)14-22(26-16(2)27)23(28)24-13-12-18-15-25-21-7-5-4-6-20(18)21/h4-11,14-15,25H,3,12-13H2,1-2H3,(H,24,28)(H,26,27)/b22-14+. The summed E-state index contributed by atoms with van der Waals surface area (Å²) in [4.78, 5) is 27.4. The number of carbonyl (C=O) groups excluding carboxylic acids is 2. The van der Waals surface area contributed by atoms with Gasteiger partial charge in [-0.15, -0.1) is 0 Å². The first-order chi connectivity index (χ1) is 14.1. The maximum absolute atomic E-state index is 12.6. The van der Waals surface area contributed by atoms with Crippen molar-refractivity contribution in [2.45, 2.75) is 20.3 Å². The SMILES string of the molecule is CCOc1ccc(/C=C(/NC(C)=O)C(=O)NCCc2c[nH]c3ccccc23)cc1. The van der Waals surface area contributed by atoms with E-state index in [0.717, 1.165) is 27.8 Å². The molecule has 0 unspecified atom stereocenters. The fraction of sp³-hybridized carbons (Fsp3) is 0.217. The van der Waals surface area contributed by atoms with Gasteiger partial charge in [0.25, 0.3) is 5.91 Å². The van der Waals surface area contributed by atoms with Crippen molar-refractivity contribution < 1.29 is 14.3 Å².